The number of aromatic nitrogens is 1. The summed E-state index contributed by atoms with van der Waals surface area (Å²) in [6.45, 7) is 1.38. The second kappa shape index (κ2) is 6.11. The molecule has 0 bridgehead atoms. The van der Waals surface area contributed by atoms with Crippen LogP contribution in [0.2, 0.25) is 0 Å². The molecule has 4 atom stereocenters. The van der Waals surface area contributed by atoms with E-state index in [2.05, 4.69) is 10.3 Å². The Morgan fingerprint density at radius 1 is 1.38 bits per heavy atom. The molecule has 1 aliphatic heterocycles. The predicted molar refractivity (Wildman–Crippen MR) is 89.3 cm³/mol. The average molecular weight is 330 g/mol. The molecule has 4 rings (SSSR count). The highest BCUT2D eigenvalue weighted by atomic mass is 16.5. The van der Waals surface area contributed by atoms with Crippen molar-refractivity contribution in [1.82, 2.24) is 10.3 Å². The molecule has 1 amide bonds. The van der Waals surface area contributed by atoms with E-state index in [1.54, 1.807) is 14.2 Å². The molecule has 1 aliphatic carbocycles. The molecule has 0 spiro atoms. The summed E-state index contributed by atoms with van der Waals surface area (Å²) in [6.07, 6.45) is 1.22. The molecule has 1 saturated heterocycles. The molecule has 1 aromatic heterocycles. The van der Waals surface area contributed by atoms with Crippen LogP contribution in [0.4, 0.5) is 0 Å². The van der Waals surface area contributed by atoms with Gasteiger partial charge < -0.3 is 24.5 Å². The Morgan fingerprint density at radius 2 is 2.25 bits per heavy atom. The number of hydrogen-bond acceptors (Lipinski definition) is 4. The minimum atomic E-state index is -0.0818. The Hall–Kier alpha value is -2.05. The first-order chi connectivity index (χ1) is 11.7. The summed E-state index contributed by atoms with van der Waals surface area (Å²) >= 11 is 0. The molecule has 2 N–H and O–H groups in total. The number of ether oxygens (including phenoxy) is 3. The van der Waals surface area contributed by atoms with Crippen LogP contribution in [0.3, 0.4) is 0 Å². The molecule has 2 heterocycles. The first-order valence-electron chi connectivity index (χ1n) is 8.29. The molecular weight excluding hydrogens is 308 g/mol. The number of H-pyrrole nitrogens is 1. The monoisotopic (exact) mass is 330 g/mol. The Balaban J connectivity index is 1.51. The number of aromatic amines is 1. The van der Waals surface area contributed by atoms with Crippen molar-refractivity contribution in [3.63, 3.8) is 0 Å². The molecule has 2 aromatic rings. The van der Waals surface area contributed by atoms with Crippen molar-refractivity contribution in [3.05, 3.63) is 30.0 Å². The Labute approximate surface area is 140 Å². The first-order valence-corrected chi connectivity index (χ1v) is 8.29. The van der Waals surface area contributed by atoms with Gasteiger partial charge in [-0.1, -0.05) is 0 Å². The van der Waals surface area contributed by atoms with Crippen LogP contribution in [0.1, 0.15) is 16.9 Å². The molecular formula is C18H22N2O4. The Bertz CT molecular complexity index is 757. The molecule has 2 aliphatic rings. The number of nitrogens with one attached hydrogen (secondary N) is 2. The summed E-state index contributed by atoms with van der Waals surface area (Å²) in [5.41, 5.74) is 1.49. The van der Waals surface area contributed by atoms with Gasteiger partial charge in [0, 0.05) is 42.5 Å². The topological polar surface area (TPSA) is 72.6 Å². The van der Waals surface area contributed by atoms with Crippen LogP contribution in [-0.4, -0.2) is 50.5 Å². The third-order valence-corrected chi connectivity index (χ3v) is 5.26. The molecule has 6 nitrogen and oxygen atoms in total. The Morgan fingerprint density at radius 3 is 3.04 bits per heavy atom. The second-order valence-corrected chi connectivity index (χ2v) is 6.54. The number of fused-ring (bicyclic) bond motifs is 2. The zero-order chi connectivity index (χ0) is 16.7. The van der Waals surface area contributed by atoms with Crippen molar-refractivity contribution in [2.24, 2.45) is 11.8 Å². The zero-order valence-corrected chi connectivity index (χ0v) is 13.9. The maximum absolute atomic E-state index is 12.7. The lowest BCUT2D eigenvalue weighted by molar-refractivity contribution is -0.0810. The minimum absolute atomic E-state index is 0.0818. The van der Waals surface area contributed by atoms with Gasteiger partial charge in [0.15, 0.2) is 0 Å². The zero-order valence-electron chi connectivity index (χ0n) is 13.9. The third-order valence-electron chi connectivity index (χ3n) is 5.26. The van der Waals surface area contributed by atoms with E-state index in [4.69, 9.17) is 14.2 Å². The normalized spacial score (nSPS) is 28.4. The summed E-state index contributed by atoms with van der Waals surface area (Å²) < 4.78 is 16.3. The van der Waals surface area contributed by atoms with E-state index in [1.165, 1.54) is 0 Å². The van der Waals surface area contributed by atoms with Crippen LogP contribution in [0, 0.1) is 11.8 Å². The summed E-state index contributed by atoms with van der Waals surface area (Å²) in [4.78, 5) is 15.8. The molecule has 2 fully saturated rings. The van der Waals surface area contributed by atoms with Gasteiger partial charge in [0.25, 0.3) is 5.91 Å². The molecule has 0 unspecified atom stereocenters. The van der Waals surface area contributed by atoms with E-state index >= 15 is 0 Å². The summed E-state index contributed by atoms with van der Waals surface area (Å²) in [6, 6.07) is 7.69. The first kappa shape index (κ1) is 15.5. The fourth-order valence-electron chi connectivity index (χ4n) is 4.02. The number of carbonyl (C=O) groups excluding carboxylic acids is 1. The van der Waals surface area contributed by atoms with Crippen LogP contribution in [-0.2, 0) is 9.47 Å². The third kappa shape index (κ3) is 2.46. The highest BCUT2D eigenvalue weighted by Crippen LogP contribution is 2.43. The molecule has 128 valence electrons. The van der Waals surface area contributed by atoms with Crippen molar-refractivity contribution in [1.29, 1.82) is 0 Å². The maximum atomic E-state index is 12.7. The lowest BCUT2D eigenvalue weighted by Crippen LogP contribution is -2.62. The number of hydrogen-bond donors (Lipinski definition) is 2. The quantitative estimate of drug-likeness (QED) is 0.879. The van der Waals surface area contributed by atoms with Gasteiger partial charge in [0.05, 0.1) is 19.8 Å². The van der Waals surface area contributed by atoms with E-state index in [0.717, 1.165) is 29.7 Å². The molecule has 0 radical (unpaired) electrons. The van der Waals surface area contributed by atoms with Crippen molar-refractivity contribution in [2.75, 3.05) is 27.4 Å². The fourth-order valence-corrected chi connectivity index (χ4v) is 4.02. The van der Waals surface area contributed by atoms with E-state index in [0.29, 0.717) is 18.2 Å². The van der Waals surface area contributed by atoms with Gasteiger partial charge in [-0.25, -0.2) is 0 Å². The van der Waals surface area contributed by atoms with Gasteiger partial charge in [-0.15, -0.1) is 0 Å². The van der Waals surface area contributed by atoms with Gasteiger partial charge >= 0.3 is 0 Å². The van der Waals surface area contributed by atoms with Gasteiger partial charge in [0.1, 0.15) is 11.4 Å². The standard InChI is InChI=1S/C18H22N2O4/c1-22-9-13-16(12-5-6-24-17(12)13)20-18(21)15-8-10-7-11(23-2)3-4-14(10)19-15/h3-4,7-8,12-13,16-17,19H,5-6,9H2,1-2H3,(H,20,21)/t12-,13-,16-,17-/m0/s1. The number of benzene rings is 1. The van der Waals surface area contributed by atoms with Crippen molar-refractivity contribution in [2.45, 2.75) is 18.6 Å². The highest BCUT2D eigenvalue weighted by molar-refractivity contribution is 5.98. The van der Waals surface area contributed by atoms with Crippen LogP contribution < -0.4 is 10.1 Å². The van der Waals surface area contributed by atoms with Gasteiger partial charge in [-0.2, -0.15) is 0 Å². The van der Waals surface area contributed by atoms with Crippen molar-refractivity contribution in [3.8, 4) is 5.75 Å². The number of amides is 1. The summed E-state index contributed by atoms with van der Waals surface area (Å²) in [5.74, 6) is 1.33. The fraction of sp³-hybridized carbons (Fsp3) is 0.500. The van der Waals surface area contributed by atoms with Crippen LogP contribution in [0.15, 0.2) is 24.3 Å². The van der Waals surface area contributed by atoms with Crippen molar-refractivity contribution >= 4 is 16.8 Å². The van der Waals surface area contributed by atoms with Gasteiger partial charge in [-0.3, -0.25) is 4.79 Å². The molecule has 24 heavy (non-hydrogen) atoms. The van der Waals surface area contributed by atoms with Gasteiger partial charge in [0.2, 0.25) is 0 Å². The molecule has 6 heteroatoms. The largest absolute Gasteiger partial charge is 0.497 e. The number of rotatable bonds is 5. The summed E-state index contributed by atoms with van der Waals surface area (Å²) in [7, 11) is 3.32. The van der Waals surface area contributed by atoms with Gasteiger partial charge in [-0.05, 0) is 30.7 Å². The van der Waals surface area contributed by atoms with Crippen LogP contribution >= 0.6 is 0 Å². The number of carbonyl (C=O) groups is 1. The van der Waals surface area contributed by atoms with Crippen molar-refractivity contribution < 1.29 is 19.0 Å². The van der Waals surface area contributed by atoms with E-state index in [9.17, 15) is 4.79 Å². The van der Waals surface area contributed by atoms with E-state index in [-0.39, 0.29) is 24.0 Å². The SMILES string of the molecule is COC[C@H]1[C@@H](NC(=O)c2cc3cc(OC)ccc3[nH]2)[C@@H]2CCO[C@@H]21. The smallest absolute Gasteiger partial charge is 0.267 e. The summed E-state index contributed by atoms with van der Waals surface area (Å²) in [5, 5.41) is 4.13. The maximum Gasteiger partial charge on any atom is 0.267 e. The second-order valence-electron chi connectivity index (χ2n) is 6.54. The predicted octanol–water partition coefficient (Wildman–Crippen LogP) is 1.96. The highest BCUT2D eigenvalue weighted by Gasteiger charge is 2.54. The lowest BCUT2D eigenvalue weighted by atomic mass is 9.67. The number of methoxy groups -OCH3 is 2. The Kier molecular flexibility index (Phi) is 3.94. The lowest BCUT2D eigenvalue weighted by Gasteiger charge is -2.47. The average Bonchev–Trinajstić information content (AvgIpc) is 3.21. The van der Waals surface area contributed by atoms with E-state index in [1.807, 2.05) is 24.3 Å². The van der Waals surface area contributed by atoms with Crippen LogP contribution in [0.5, 0.6) is 5.75 Å². The minimum Gasteiger partial charge on any atom is -0.497 e. The molecule has 1 aromatic carbocycles. The molecule has 1 saturated carbocycles. The van der Waals surface area contributed by atoms with E-state index < -0.39 is 0 Å². The van der Waals surface area contributed by atoms with Crippen LogP contribution in [0.25, 0.3) is 10.9 Å².